The van der Waals surface area contributed by atoms with Gasteiger partial charge in [-0.1, -0.05) is 30.3 Å². The molecule has 5 rings (SSSR count). The van der Waals surface area contributed by atoms with Gasteiger partial charge in [0.25, 0.3) is 0 Å². The molecule has 0 bridgehead atoms. The molecule has 0 aliphatic carbocycles. The van der Waals surface area contributed by atoms with Crippen LogP contribution in [0.25, 0.3) is 5.65 Å². The van der Waals surface area contributed by atoms with Crippen LogP contribution < -0.4 is 15.0 Å². The first-order chi connectivity index (χ1) is 21.8. The third-order valence-corrected chi connectivity index (χ3v) is 7.29. The highest BCUT2D eigenvalue weighted by Gasteiger charge is 2.32. The number of hydrogen-bond acceptors (Lipinski definition) is 8. The van der Waals surface area contributed by atoms with Gasteiger partial charge in [0.1, 0.15) is 29.4 Å². The second kappa shape index (κ2) is 13.3. The van der Waals surface area contributed by atoms with E-state index in [-0.39, 0.29) is 12.1 Å². The molecule has 2 aromatic carbocycles. The summed E-state index contributed by atoms with van der Waals surface area (Å²) in [6, 6.07) is 19.0. The number of nitrogens with one attached hydrogen (secondary N) is 1. The van der Waals surface area contributed by atoms with Crippen molar-refractivity contribution in [3.63, 3.8) is 0 Å². The third kappa shape index (κ3) is 8.07. The van der Waals surface area contributed by atoms with Gasteiger partial charge < -0.3 is 24.4 Å². The Morgan fingerprint density at radius 2 is 1.65 bits per heavy atom. The van der Waals surface area contributed by atoms with Crippen molar-refractivity contribution in [1.82, 2.24) is 19.5 Å². The van der Waals surface area contributed by atoms with Gasteiger partial charge in [0.2, 0.25) is 0 Å². The number of likely N-dealkylation sites (tertiary alicyclic amines) is 1. The summed E-state index contributed by atoms with van der Waals surface area (Å²) in [4.78, 5) is 34.9. The lowest BCUT2D eigenvalue weighted by atomic mass is 10.1. The molecule has 46 heavy (non-hydrogen) atoms. The second-order valence-corrected chi connectivity index (χ2v) is 13.5. The van der Waals surface area contributed by atoms with Crippen LogP contribution in [0.1, 0.15) is 65.5 Å². The van der Waals surface area contributed by atoms with Crippen LogP contribution >= 0.6 is 0 Å². The molecule has 11 nitrogen and oxygen atoms in total. The quantitative estimate of drug-likeness (QED) is 0.224. The molecular weight excluding hydrogens is 584 g/mol. The SMILES string of the molecule is Cc1c(N[C@H]2CCCN(C(=O)OC(C)(C)C)C2)nc2ccnn2c1N(C(=O)OC(C)(C)C)c1ccc(OCc2ccccc2)cc1. The zero-order valence-electron chi connectivity index (χ0n) is 27.7. The highest BCUT2D eigenvalue weighted by Crippen LogP contribution is 2.35. The summed E-state index contributed by atoms with van der Waals surface area (Å²) in [5.74, 6) is 1.75. The number of anilines is 3. The van der Waals surface area contributed by atoms with Crippen LogP contribution in [0, 0.1) is 6.92 Å². The van der Waals surface area contributed by atoms with Gasteiger partial charge >= 0.3 is 12.2 Å². The van der Waals surface area contributed by atoms with Crippen molar-refractivity contribution in [3.8, 4) is 5.75 Å². The van der Waals surface area contributed by atoms with E-state index in [1.165, 1.54) is 4.90 Å². The van der Waals surface area contributed by atoms with Crippen LogP contribution in [0.5, 0.6) is 5.75 Å². The minimum Gasteiger partial charge on any atom is -0.489 e. The van der Waals surface area contributed by atoms with Crippen LogP contribution in [0.15, 0.2) is 66.9 Å². The number of fused-ring (bicyclic) bond motifs is 1. The number of hydrogen-bond donors (Lipinski definition) is 1. The molecule has 0 radical (unpaired) electrons. The molecule has 3 heterocycles. The third-order valence-electron chi connectivity index (χ3n) is 7.29. The zero-order valence-corrected chi connectivity index (χ0v) is 27.7. The van der Waals surface area contributed by atoms with E-state index in [9.17, 15) is 9.59 Å². The molecule has 11 heteroatoms. The summed E-state index contributed by atoms with van der Waals surface area (Å²) in [7, 11) is 0. The lowest BCUT2D eigenvalue weighted by Gasteiger charge is -2.35. The van der Waals surface area contributed by atoms with Crippen molar-refractivity contribution in [2.45, 2.75) is 85.2 Å². The number of benzene rings is 2. The van der Waals surface area contributed by atoms with E-state index in [0.29, 0.717) is 54.0 Å². The van der Waals surface area contributed by atoms with Crippen molar-refractivity contribution in [1.29, 1.82) is 0 Å². The number of nitrogens with zero attached hydrogens (tertiary/aromatic N) is 5. The average molecular weight is 629 g/mol. The minimum absolute atomic E-state index is 0.0679. The fourth-order valence-electron chi connectivity index (χ4n) is 5.25. The molecule has 1 N–H and O–H groups in total. The van der Waals surface area contributed by atoms with E-state index in [1.54, 1.807) is 21.7 Å². The Morgan fingerprint density at radius 3 is 2.33 bits per heavy atom. The maximum Gasteiger partial charge on any atom is 0.420 e. The number of aromatic nitrogens is 3. The van der Waals surface area contributed by atoms with Crippen LogP contribution in [0.2, 0.25) is 0 Å². The van der Waals surface area contributed by atoms with Crippen molar-refractivity contribution in [2.75, 3.05) is 23.3 Å². The molecule has 0 unspecified atom stereocenters. The molecule has 0 saturated carbocycles. The lowest BCUT2D eigenvalue weighted by molar-refractivity contribution is 0.0206. The largest absolute Gasteiger partial charge is 0.489 e. The normalized spacial score (nSPS) is 15.4. The van der Waals surface area contributed by atoms with Crippen molar-refractivity contribution >= 4 is 35.2 Å². The number of carbonyl (C=O) groups is 2. The Labute approximate surface area is 270 Å². The molecular formula is C35H44N6O5. The van der Waals surface area contributed by atoms with E-state index in [2.05, 4.69) is 10.4 Å². The highest BCUT2D eigenvalue weighted by atomic mass is 16.6. The first-order valence-electron chi connectivity index (χ1n) is 15.7. The predicted octanol–water partition coefficient (Wildman–Crippen LogP) is 7.50. The fourth-order valence-corrected chi connectivity index (χ4v) is 5.25. The van der Waals surface area contributed by atoms with E-state index in [1.807, 2.05) is 103 Å². The van der Waals surface area contributed by atoms with Crippen molar-refractivity contribution in [3.05, 3.63) is 78.0 Å². The van der Waals surface area contributed by atoms with Gasteiger partial charge in [0, 0.05) is 30.8 Å². The van der Waals surface area contributed by atoms with E-state index >= 15 is 0 Å². The first kappa shape index (κ1) is 32.6. The molecule has 2 amide bonds. The van der Waals surface area contributed by atoms with Crippen LogP contribution in [-0.4, -0.2) is 62.0 Å². The second-order valence-electron chi connectivity index (χ2n) is 13.5. The number of rotatable bonds is 7. The Bertz CT molecular complexity index is 1660. The monoisotopic (exact) mass is 628 g/mol. The minimum atomic E-state index is -0.744. The molecule has 1 fully saturated rings. The number of amides is 2. The summed E-state index contributed by atoms with van der Waals surface area (Å²) >= 11 is 0. The Hall–Kier alpha value is -4.80. The molecule has 0 spiro atoms. The van der Waals surface area contributed by atoms with Crippen molar-refractivity contribution in [2.24, 2.45) is 0 Å². The Morgan fingerprint density at radius 1 is 0.957 bits per heavy atom. The Kier molecular flexibility index (Phi) is 9.41. The summed E-state index contributed by atoms with van der Waals surface area (Å²) in [5, 5.41) is 8.08. The first-order valence-corrected chi connectivity index (χ1v) is 15.7. The maximum atomic E-state index is 13.9. The van der Waals surface area contributed by atoms with Crippen molar-refractivity contribution < 1.29 is 23.8 Å². The average Bonchev–Trinajstić information content (AvgIpc) is 3.46. The highest BCUT2D eigenvalue weighted by molar-refractivity contribution is 5.97. The summed E-state index contributed by atoms with van der Waals surface area (Å²) in [6.07, 6.45) is 2.42. The van der Waals surface area contributed by atoms with Crippen LogP contribution in [-0.2, 0) is 16.1 Å². The Balaban J connectivity index is 1.47. The van der Waals surface area contributed by atoms with Gasteiger partial charge in [-0.3, -0.25) is 0 Å². The molecule has 1 saturated heterocycles. The molecule has 2 aromatic heterocycles. The number of carbonyl (C=O) groups excluding carboxylic acids is 2. The molecule has 1 atom stereocenters. The van der Waals surface area contributed by atoms with Gasteiger partial charge in [-0.15, -0.1) is 0 Å². The molecule has 1 aliphatic heterocycles. The number of piperidine rings is 1. The summed E-state index contributed by atoms with van der Waals surface area (Å²) < 4.78 is 19.2. The van der Waals surface area contributed by atoms with Gasteiger partial charge in [-0.2, -0.15) is 9.61 Å². The van der Waals surface area contributed by atoms with Gasteiger partial charge in [0.05, 0.1) is 11.9 Å². The smallest absolute Gasteiger partial charge is 0.420 e. The van der Waals surface area contributed by atoms with Gasteiger partial charge in [-0.25, -0.2) is 19.5 Å². The number of ether oxygens (including phenoxy) is 3. The summed E-state index contributed by atoms with van der Waals surface area (Å²) in [5.41, 5.74) is 1.57. The lowest BCUT2D eigenvalue weighted by Crippen LogP contribution is -2.47. The molecule has 1 aliphatic rings. The van der Waals surface area contributed by atoms with Crippen LogP contribution in [0.4, 0.5) is 26.9 Å². The standard InChI is InChI=1S/C35H44N6O5/c1-24-30(37-26-14-11-21-39(22-26)32(42)45-34(2,3)4)38-29-19-20-36-41(29)31(24)40(33(43)46-35(5,6)7)27-15-17-28(18-16-27)44-23-25-12-9-8-10-13-25/h8-10,12-13,15-20,26H,11,14,21-23H2,1-7H3,(H,37,38)/t26-/m0/s1. The molecule has 4 aromatic rings. The topological polar surface area (TPSA) is 111 Å². The van der Waals surface area contributed by atoms with E-state index in [0.717, 1.165) is 18.4 Å². The van der Waals surface area contributed by atoms with Crippen LogP contribution in [0.3, 0.4) is 0 Å². The van der Waals surface area contributed by atoms with E-state index < -0.39 is 17.3 Å². The summed E-state index contributed by atoms with van der Waals surface area (Å²) in [6.45, 7) is 14.5. The zero-order chi connectivity index (χ0) is 33.1. The van der Waals surface area contributed by atoms with Gasteiger partial charge in [-0.05, 0) is 91.1 Å². The molecule has 244 valence electrons. The maximum absolute atomic E-state index is 13.9. The predicted molar refractivity (Wildman–Crippen MR) is 178 cm³/mol. The fraction of sp³-hybridized carbons (Fsp3) is 0.429. The van der Waals surface area contributed by atoms with Gasteiger partial charge in [0.15, 0.2) is 11.5 Å². The van der Waals surface area contributed by atoms with E-state index in [4.69, 9.17) is 19.2 Å².